The number of hydrogen-bond donors (Lipinski definition) is 0. The highest BCUT2D eigenvalue weighted by Gasteiger charge is 2.38. The zero-order valence-corrected chi connectivity index (χ0v) is 12.7. The smallest absolute Gasteiger partial charge is 0.363 e. The first-order valence-corrected chi connectivity index (χ1v) is 7.34. The maximum atomic E-state index is 12.2. The summed E-state index contributed by atoms with van der Waals surface area (Å²) in [5.41, 5.74) is 1.34. The fourth-order valence-corrected chi connectivity index (χ4v) is 2.51. The molecular weight excluding hydrogens is 324 g/mol. The zero-order chi connectivity index (χ0) is 17.4. The molecule has 25 heavy (non-hydrogen) atoms. The van der Waals surface area contributed by atoms with Gasteiger partial charge >= 0.3 is 5.97 Å². The van der Waals surface area contributed by atoms with E-state index in [9.17, 15) is 14.4 Å². The molecule has 0 saturated heterocycles. The van der Waals surface area contributed by atoms with Gasteiger partial charge in [-0.1, -0.05) is 29.3 Å². The van der Waals surface area contributed by atoms with E-state index in [2.05, 4.69) is 4.98 Å². The van der Waals surface area contributed by atoms with Crippen molar-refractivity contribution < 1.29 is 23.6 Å². The standard InChI is InChI=1S/C18H10N2O5/c21-16-13-3-1-2-4-14(13)17(22)20(16)25-18(23)12-7-5-11(6-8-12)15-9-19-10-24-15/h1-10H. The first kappa shape index (κ1) is 14.8. The van der Waals surface area contributed by atoms with Crippen molar-refractivity contribution in [2.45, 2.75) is 0 Å². The average molecular weight is 334 g/mol. The summed E-state index contributed by atoms with van der Waals surface area (Å²) in [5.74, 6) is -1.57. The molecular formula is C18H10N2O5. The van der Waals surface area contributed by atoms with Crippen LogP contribution in [0.5, 0.6) is 0 Å². The molecule has 7 heteroatoms. The minimum absolute atomic E-state index is 0.194. The van der Waals surface area contributed by atoms with Crippen LogP contribution < -0.4 is 0 Å². The number of fused-ring (bicyclic) bond motifs is 1. The predicted octanol–water partition coefficient (Wildman–Crippen LogP) is 2.71. The zero-order valence-electron chi connectivity index (χ0n) is 12.7. The molecule has 0 N–H and O–H groups in total. The molecule has 1 aromatic heterocycles. The van der Waals surface area contributed by atoms with Crippen LogP contribution >= 0.6 is 0 Å². The molecule has 2 heterocycles. The molecule has 0 bridgehead atoms. The molecule has 2 amide bonds. The van der Waals surface area contributed by atoms with Gasteiger partial charge in [-0.2, -0.15) is 0 Å². The second-order valence-electron chi connectivity index (χ2n) is 5.27. The van der Waals surface area contributed by atoms with Gasteiger partial charge in [-0.05, 0) is 24.3 Å². The summed E-state index contributed by atoms with van der Waals surface area (Å²) >= 11 is 0. The number of carbonyl (C=O) groups excluding carboxylic acids is 3. The molecule has 0 unspecified atom stereocenters. The van der Waals surface area contributed by atoms with Crippen LogP contribution in [0.15, 0.2) is 65.5 Å². The first-order chi connectivity index (χ1) is 12.1. The molecule has 4 rings (SSSR count). The summed E-state index contributed by atoms with van der Waals surface area (Å²) in [6.45, 7) is 0. The molecule has 0 radical (unpaired) electrons. The second kappa shape index (κ2) is 5.72. The van der Waals surface area contributed by atoms with Crippen molar-refractivity contribution in [1.29, 1.82) is 0 Å². The number of oxazole rings is 1. The van der Waals surface area contributed by atoms with E-state index in [1.807, 2.05) is 0 Å². The normalized spacial score (nSPS) is 13.0. The second-order valence-corrected chi connectivity index (χ2v) is 5.27. The van der Waals surface area contributed by atoms with Crippen LogP contribution in [-0.2, 0) is 4.84 Å². The number of benzene rings is 2. The Balaban J connectivity index is 1.53. The van der Waals surface area contributed by atoms with E-state index in [-0.39, 0.29) is 16.7 Å². The lowest BCUT2D eigenvalue weighted by Gasteiger charge is -2.12. The Labute approximate surface area is 141 Å². The first-order valence-electron chi connectivity index (χ1n) is 7.34. The summed E-state index contributed by atoms with van der Waals surface area (Å²) in [6.07, 6.45) is 2.85. The fourth-order valence-electron chi connectivity index (χ4n) is 2.51. The molecule has 0 saturated carbocycles. The molecule has 7 nitrogen and oxygen atoms in total. The number of carbonyl (C=O) groups is 3. The highest BCUT2D eigenvalue weighted by molar-refractivity contribution is 6.21. The Morgan fingerprint density at radius 3 is 2.16 bits per heavy atom. The Kier molecular flexibility index (Phi) is 3.39. The lowest BCUT2D eigenvalue weighted by molar-refractivity contribution is -0.0584. The molecule has 0 aliphatic carbocycles. The Bertz CT molecular complexity index is 942. The van der Waals surface area contributed by atoms with Gasteiger partial charge in [-0.3, -0.25) is 9.59 Å². The van der Waals surface area contributed by atoms with Crippen molar-refractivity contribution in [1.82, 2.24) is 10.0 Å². The van der Waals surface area contributed by atoms with Gasteiger partial charge in [-0.25, -0.2) is 9.78 Å². The summed E-state index contributed by atoms with van der Waals surface area (Å²) in [4.78, 5) is 45.4. The Hall–Kier alpha value is -3.74. The molecule has 1 aliphatic heterocycles. The van der Waals surface area contributed by atoms with Crippen molar-refractivity contribution in [2.75, 3.05) is 0 Å². The molecule has 1 aliphatic rings. The van der Waals surface area contributed by atoms with Gasteiger partial charge in [0.2, 0.25) is 0 Å². The van der Waals surface area contributed by atoms with Crippen molar-refractivity contribution in [3.05, 3.63) is 77.8 Å². The van der Waals surface area contributed by atoms with Crippen LogP contribution in [0.4, 0.5) is 0 Å². The van der Waals surface area contributed by atoms with E-state index in [1.165, 1.54) is 30.7 Å². The van der Waals surface area contributed by atoms with E-state index in [0.29, 0.717) is 10.8 Å². The third-order valence-electron chi connectivity index (χ3n) is 3.77. The molecule has 122 valence electrons. The number of hydrogen-bond acceptors (Lipinski definition) is 6. The van der Waals surface area contributed by atoms with Gasteiger partial charge < -0.3 is 9.25 Å². The van der Waals surface area contributed by atoms with Crippen LogP contribution in [0, 0.1) is 0 Å². The van der Waals surface area contributed by atoms with Crippen LogP contribution in [0.2, 0.25) is 0 Å². The van der Waals surface area contributed by atoms with Gasteiger partial charge in [0, 0.05) is 5.56 Å². The van der Waals surface area contributed by atoms with E-state index in [4.69, 9.17) is 9.25 Å². The van der Waals surface area contributed by atoms with E-state index < -0.39 is 17.8 Å². The topological polar surface area (TPSA) is 89.7 Å². The largest absolute Gasteiger partial charge is 0.444 e. The van der Waals surface area contributed by atoms with E-state index in [1.54, 1.807) is 30.5 Å². The Morgan fingerprint density at radius 1 is 0.960 bits per heavy atom. The number of aromatic nitrogens is 1. The number of hydroxylamine groups is 2. The van der Waals surface area contributed by atoms with Gasteiger partial charge in [-0.15, -0.1) is 0 Å². The SMILES string of the molecule is O=C(ON1C(=O)c2ccccc2C1=O)c1ccc(-c2cnco2)cc1. The summed E-state index contributed by atoms with van der Waals surface area (Å²) in [5, 5.41) is 0.483. The molecule has 0 atom stereocenters. The monoisotopic (exact) mass is 334 g/mol. The Morgan fingerprint density at radius 2 is 1.60 bits per heavy atom. The van der Waals surface area contributed by atoms with Crippen molar-refractivity contribution in [3.63, 3.8) is 0 Å². The highest BCUT2D eigenvalue weighted by Crippen LogP contribution is 2.24. The molecule has 3 aromatic rings. The summed E-state index contributed by atoms with van der Waals surface area (Å²) < 4.78 is 5.17. The molecule has 2 aromatic carbocycles. The van der Waals surface area contributed by atoms with Crippen molar-refractivity contribution in [3.8, 4) is 11.3 Å². The fraction of sp³-hybridized carbons (Fsp3) is 0. The maximum Gasteiger partial charge on any atom is 0.363 e. The van der Waals surface area contributed by atoms with Crippen molar-refractivity contribution >= 4 is 17.8 Å². The lowest BCUT2D eigenvalue weighted by atomic mass is 10.1. The highest BCUT2D eigenvalue weighted by atomic mass is 16.7. The molecule has 0 fully saturated rings. The van der Waals surface area contributed by atoms with Crippen molar-refractivity contribution in [2.24, 2.45) is 0 Å². The number of imide groups is 1. The summed E-state index contributed by atoms with van der Waals surface area (Å²) in [7, 11) is 0. The third-order valence-corrected chi connectivity index (χ3v) is 3.77. The number of amides is 2. The average Bonchev–Trinajstić information content (AvgIpc) is 3.26. The maximum absolute atomic E-state index is 12.2. The van der Waals surface area contributed by atoms with Crippen LogP contribution in [0.3, 0.4) is 0 Å². The van der Waals surface area contributed by atoms with Gasteiger partial charge in [0.25, 0.3) is 11.8 Å². The van der Waals surface area contributed by atoms with Crippen LogP contribution in [0.25, 0.3) is 11.3 Å². The predicted molar refractivity (Wildman–Crippen MR) is 84.3 cm³/mol. The van der Waals surface area contributed by atoms with Gasteiger partial charge in [0.05, 0.1) is 22.9 Å². The minimum Gasteiger partial charge on any atom is -0.444 e. The van der Waals surface area contributed by atoms with E-state index in [0.717, 1.165) is 5.56 Å². The number of nitrogens with zero attached hydrogens (tertiary/aromatic N) is 2. The lowest BCUT2D eigenvalue weighted by Crippen LogP contribution is -2.32. The summed E-state index contributed by atoms with van der Waals surface area (Å²) in [6, 6.07) is 12.6. The van der Waals surface area contributed by atoms with Gasteiger partial charge in [0.1, 0.15) is 0 Å². The molecule has 0 spiro atoms. The van der Waals surface area contributed by atoms with Crippen LogP contribution in [0.1, 0.15) is 31.1 Å². The quantitative estimate of drug-likeness (QED) is 0.684. The number of rotatable bonds is 3. The third kappa shape index (κ3) is 2.47. The minimum atomic E-state index is -0.807. The van der Waals surface area contributed by atoms with Crippen LogP contribution in [-0.4, -0.2) is 27.8 Å². The van der Waals surface area contributed by atoms with Gasteiger partial charge in [0.15, 0.2) is 12.2 Å². The van der Waals surface area contributed by atoms with E-state index >= 15 is 0 Å².